The maximum atomic E-state index is 12.4. The summed E-state index contributed by atoms with van der Waals surface area (Å²) in [7, 11) is 0. The lowest BCUT2D eigenvalue weighted by Gasteiger charge is -2.18. The van der Waals surface area contributed by atoms with Gasteiger partial charge in [0.1, 0.15) is 0 Å². The average Bonchev–Trinajstić information content (AvgIpc) is 2.68. The summed E-state index contributed by atoms with van der Waals surface area (Å²) in [5.74, 6) is -0.138. The van der Waals surface area contributed by atoms with E-state index < -0.39 is 0 Å². The Labute approximate surface area is 171 Å². The second-order valence-corrected chi connectivity index (χ2v) is 8.72. The van der Waals surface area contributed by atoms with Crippen LogP contribution in [0.25, 0.3) is 6.08 Å². The van der Waals surface area contributed by atoms with Gasteiger partial charge >= 0.3 is 0 Å². The standard InChI is InChI=1S/C25H25NOS/c1-25(2,3)20-16-13-19(14-17-20)15-18-24(27)26-22-11-7-8-12-23(22)28-21-9-5-4-6-10-21/h4-18H,1-3H3,(H,26,27)/b18-15+. The number of rotatable bonds is 5. The highest BCUT2D eigenvalue weighted by Crippen LogP contribution is 2.33. The van der Waals surface area contributed by atoms with Gasteiger partial charge in [0.25, 0.3) is 0 Å². The Hall–Kier alpha value is -2.78. The van der Waals surface area contributed by atoms with Crippen molar-refractivity contribution in [2.45, 2.75) is 36.0 Å². The molecular formula is C25H25NOS. The van der Waals surface area contributed by atoms with Crippen molar-refractivity contribution in [2.24, 2.45) is 0 Å². The number of carbonyl (C=O) groups excluding carboxylic acids is 1. The van der Waals surface area contributed by atoms with Crippen molar-refractivity contribution in [3.8, 4) is 0 Å². The minimum Gasteiger partial charge on any atom is -0.321 e. The Morgan fingerprint density at radius 3 is 2.18 bits per heavy atom. The lowest BCUT2D eigenvalue weighted by molar-refractivity contribution is -0.111. The van der Waals surface area contributed by atoms with E-state index in [4.69, 9.17) is 0 Å². The first-order valence-electron chi connectivity index (χ1n) is 9.33. The lowest BCUT2D eigenvalue weighted by Crippen LogP contribution is -2.10. The molecule has 0 saturated carbocycles. The van der Waals surface area contributed by atoms with E-state index in [1.807, 2.05) is 60.7 Å². The minimum atomic E-state index is -0.138. The van der Waals surface area contributed by atoms with Crippen LogP contribution in [0.3, 0.4) is 0 Å². The molecule has 0 fully saturated rings. The van der Waals surface area contributed by atoms with E-state index in [0.29, 0.717) is 0 Å². The molecular weight excluding hydrogens is 362 g/mol. The van der Waals surface area contributed by atoms with Gasteiger partial charge in [0.2, 0.25) is 5.91 Å². The Morgan fingerprint density at radius 2 is 1.50 bits per heavy atom. The zero-order valence-electron chi connectivity index (χ0n) is 16.5. The van der Waals surface area contributed by atoms with Crippen molar-refractivity contribution >= 4 is 29.4 Å². The highest BCUT2D eigenvalue weighted by Gasteiger charge is 2.12. The first-order chi connectivity index (χ1) is 13.4. The molecule has 1 amide bonds. The number of benzene rings is 3. The molecule has 0 bridgehead atoms. The van der Waals surface area contributed by atoms with E-state index >= 15 is 0 Å². The third kappa shape index (κ3) is 5.61. The van der Waals surface area contributed by atoms with Gasteiger partial charge in [-0.15, -0.1) is 0 Å². The summed E-state index contributed by atoms with van der Waals surface area (Å²) in [4.78, 5) is 14.6. The summed E-state index contributed by atoms with van der Waals surface area (Å²) in [6.45, 7) is 6.57. The summed E-state index contributed by atoms with van der Waals surface area (Å²) in [6.07, 6.45) is 3.42. The molecule has 0 saturated heterocycles. The van der Waals surface area contributed by atoms with Crippen LogP contribution in [-0.2, 0) is 10.2 Å². The van der Waals surface area contributed by atoms with Gasteiger partial charge in [0.05, 0.1) is 5.69 Å². The van der Waals surface area contributed by atoms with Crippen LogP contribution in [-0.4, -0.2) is 5.91 Å². The fraction of sp³-hybridized carbons (Fsp3) is 0.160. The molecule has 1 N–H and O–H groups in total. The molecule has 2 nitrogen and oxygen atoms in total. The van der Waals surface area contributed by atoms with Gasteiger partial charge in [-0.2, -0.15) is 0 Å². The van der Waals surface area contributed by atoms with Crippen molar-refractivity contribution in [1.29, 1.82) is 0 Å². The molecule has 3 aromatic rings. The van der Waals surface area contributed by atoms with Crippen molar-refractivity contribution in [1.82, 2.24) is 0 Å². The predicted molar refractivity (Wildman–Crippen MR) is 120 cm³/mol. The molecule has 0 unspecified atom stereocenters. The monoisotopic (exact) mass is 387 g/mol. The first kappa shape index (κ1) is 20.0. The van der Waals surface area contributed by atoms with Gasteiger partial charge in [-0.05, 0) is 46.9 Å². The zero-order chi connectivity index (χ0) is 20.0. The highest BCUT2D eigenvalue weighted by atomic mass is 32.2. The quantitative estimate of drug-likeness (QED) is 0.488. The van der Waals surface area contributed by atoms with Crippen molar-refractivity contribution in [3.63, 3.8) is 0 Å². The fourth-order valence-electron chi connectivity index (χ4n) is 2.71. The molecule has 0 aliphatic carbocycles. The molecule has 28 heavy (non-hydrogen) atoms. The molecule has 0 atom stereocenters. The summed E-state index contributed by atoms with van der Waals surface area (Å²) in [5.41, 5.74) is 3.23. The number of anilines is 1. The summed E-state index contributed by atoms with van der Waals surface area (Å²) >= 11 is 1.64. The minimum absolute atomic E-state index is 0.125. The zero-order valence-corrected chi connectivity index (χ0v) is 17.3. The molecule has 0 aromatic heterocycles. The third-order valence-electron chi connectivity index (χ3n) is 4.32. The molecule has 0 radical (unpaired) electrons. The number of hydrogen-bond donors (Lipinski definition) is 1. The van der Waals surface area contributed by atoms with E-state index in [0.717, 1.165) is 21.0 Å². The fourth-order valence-corrected chi connectivity index (χ4v) is 3.64. The topological polar surface area (TPSA) is 29.1 Å². The maximum Gasteiger partial charge on any atom is 0.248 e. The van der Waals surface area contributed by atoms with E-state index in [-0.39, 0.29) is 11.3 Å². The Balaban J connectivity index is 1.67. The Kier molecular flexibility index (Phi) is 6.37. The van der Waals surface area contributed by atoms with Crippen molar-refractivity contribution in [2.75, 3.05) is 5.32 Å². The second-order valence-electron chi connectivity index (χ2n) is 7.61. The van der Waals surface area contributed by atoms with E-state index in [2.05, 4.69) is 50.4 Å². The van der Waals surface area contributed by atoms with E-state index in [9.17, 15) is 4.79 Å². The van der Waals surface area contributed by atoms with Crippen LogP contribution < -0.4 is 5.32 Å². The molecule has 0 aliphatic heterocycles. The van der Waals surface area contributed by atoms with Crippen LogP contribution in [0.4, 0.5) is 5.69 Å². The lowest BCUT2D eigenvalue weighted by atomic mass is 9.87. The average molecular weight is 388 g/mol. The number of para-hydroxylation sites is 1. The first-order valence-corrected chi connectivity index (χ1v) is 10.1. The van der Waals surface area contributed by atoms with Crippen molar-refractivity contribution in [3.05, 3.63) is 96.1 Å². The van der Waals surface area contributed by atoms with Crippen LogP contribution >= 0.6 is 11.8 Å². The largest absolute Gasteiger partial charge is 0.321 e. The van der Waals surface area contributed by atoms with E-state index in [1.54, 1.807) is 17.8 Å². The molecule has 3 heteroatoms. The van der Waals surface area contributed by atoms with Gasteiger partial charge in [-0.1, -0.05) is 87.1 Å². The smallest absolute Gasteiger partial charge is 0.248 e. The van der Waals surface area contributed by atoms with Gasteiger partial charge in [-0.25, -0.2) is 0 Å². The highest BCUT2D eigenvalue weighted by molar-refractivity contribution is 7.99. The van der Waals surface area contributed by atoms with Crippen LogP contribution in [0.15, 0.2) is 94.7 Å². The molecule has 0 spiro atoms. The second kappa shape index (κ2) is 8.94. The number of nitrogens with one attached hydrogen (secondary N) is 1. The third-order valence-corrected chi connectivity index (χ3v) is 5.40. The summed E-state index contributed by atoms with van der Waals surface area (Å²) in [6, 6.07) is 26.3. The summed E-state index contributed by atoms with van der Waals surface area (Å²) < 4.78 is 0. The Morgan fingerprint density at radius 1 is 0.857 bits per heavy atom. The predicted octanol–water partition coefficient (Wildman–Crippen LogP) is 6.79. The number of amides is 1. The normalized spacial score (nSPS) is 11.5. The van der Waals surface area contributed by atoms with Gasteiger partial charge in [-0.3, -0.25) is 4.79 Å². The van der Waals surface area contributed by atoms with Crippen molar-refractivity contribution < 1.29 is 4.79 Å². The maximum absolute atomic E-state index is 12.4. The van der Waals surface area contributed by atoms with Crippen LogP contribution in [0.1, 0.15) is 31.9 Å². The molecule has 3 rings (SSSR count). The van der Waals surface area contributed by atoms with Gasteiger partial charge in [0, 0.05) is 15.9 Å². The Bertz CT molecular complexity index is 954. The number of hydrogen-bond acceptors (Lipinski definition) is 2. The van der Waals surface area contributed by atoms with Crippen LogP contribution in [0.2, 0.25) is 0 Å². The number of carbonyl (C=O) groups is 1. The van der Waals surface area contributed by atoms with Gasteiger partial charge < -0.3 is 5.32 Å². The SMILES string of the molecule is CC(C)(C)c1ccc(/C=C/C(=O)Nc2ccccc2Sc2ccccc2)cc1. The molecule has 0 aliphatic rings. The van der Waals surface area contributed by atoms with Crippen LogP contribution in [0.5, 0.6) is 0 Å². The van der Waals surface area contributed by atoms with Gasteiger partial charge in [0.15, 0.2) is 0 Å². The molecule has 142 valence electrons. The summed E-state index contributed by atoms with van der Waals surface area (Å²) in [5, 5.41) is 2.99. The van der Waals surface area contributed by atoms with E-state index in [1.165, 1.54) is 5.56 Å². The molecule has 3 aromatic carbocycles. The van der Waals surface area contributed by atoms with Crippen LogP contribution in [0, 0.1) is 0 Å². The molecule has 0 heterocycles.